The third-order valence-corrected chi connectivity index (χ3v) is 2.82. The zero-order valence-corrected chi connectivity index (χ0v) is 10.6. The summed E-state index contributed by atoms with van der Waals surface area (Å²) in [6.45, 7) is -0.269. The van der Waals surface area contributed by atoms with E-state index in [0.29, 0.717) is 0 Å². The minimum atomic E-state index is -4.24. The number of anilines is 2. The first-order chi connectivity index (χ1) is 7.70. The highest BCUT2D eigenvalue weighted by atomic mass is 79.9. The number of hydrogen-bond acceptors (Lipinski definition) is 2. The van der Waals surface area contributed by atoms with Gasteiger partial charge in [0.05, 0.1) is 22.3 Å². The van der Waals surface area contributed by atoms with Crippen LogP contribution < -0.4 is 10.6 Å². The molecule has 0 radical (unpaired) electrons. The molecule has 17 heavy (non-hydrogen) atoms. The minimum absolute atomic E-state index is 0.183. The third kappa shape index (κ3) is 4.07. The Morgan fingerprint density at radius 1 is 1.35 bits per heavy atom. The van der Waals surface area contributed by atoms with Crippen molar-refractivity contribution in [2.75, 3.05) is 24.2 Å². The molecule has 0 saturated carbocycles. The van der Waals surface area contributed by atoms with Gasteiger partial charge >= 0.3 is 6.18 Å². The van der Waals surface area contributed by atoms with E-state index in [2.05, 4.69) is 15.9 Å². The fourth-order valence-corrected chi connectivity index (χ4v) is 1.66. The summed E-state index contributed by atoms with van der Waals surface area (Å²) >= 11 is 2.95. The van der Waals surface area contributed by atoms with Crippen LogP contribution in [0.4, 0.5) is 28.9 Å². The van der Waals surface area contributed by atoms with E-state index in [0.717, 1.165) is 6.07 Å². The summed E-state index contributed by atoms with van der Waals surface area (Å²) in [6, 6.07) is 2.44. The Hall–Kier alpha value is -0.980. The van der Waals surface area contributed by atoms with E-state index in [1.165, 1.54) is 18.0 Å². The monoisotopic (exact) mass is 314 g/mol. The van der Waals surface area contributed by atoms with E-state index in [-0.39, 0.29) is 22.4 Å². The Morgan fingerprint density at radius 3 is 2.47 bits per heavy atom. The number of alkyl halides is 3. The zero-order valence-electron chi connectivity index (χ0n) is 8.98. The molecule has 0 spiro atoms. The lowest BCUT2D eigenvalue weighted by Crippen LogP contribution is -2.24. The first kappa shape index (κ1) is 14.1. The lowest BCUT2D eigenvalue weighted by atomic mass is 10.2. The van der Waals surface area contributed by atoms with E-state index in [9.17, 15) is 17.6 Å². The highest BCUT2D eigenvalue weighted by Gasteiger charge is 2.27. The second kappa shape index (κ2) is 5.12. The Morgan fingerprint density at radius 2 is 1.94 bits per heavy atom. The van der Waals surface area contributed by atoms with Gasteiger partial charge in [-0.25, -0.2) is 4.39 Å². The molecule has 0 amide bonds. The Labute approximate surface area is 105 Å². The molecule has 0 aliphatic carbocycles. The van der Waals surface area contributed by atoms with Crippen LogP contribution in [-0.2, 0) is 0 Å². The van der Waals surface area contributed by atoms with Crippen molar-refractivity contribution in [3.63, 3.8) is 0 Å². The van der Waals surface area contributed by atoms with Crippen LogP contribution in [0.5, 0.6) is 0 Å². The molecule has 1 rings (SSSR count). The lowest BCUT2D eigenvalue weighted by Gasteiger charge is -2.22. The van der Waals surface area contributed by atoms with Crippen molar-refractivity contribution >= 4 is 27.3 Å². The Kier molecular flexibility index (Phi) is 4.24. The lowest BCUT2D eigenvalue weighted by molar-refractivity contribution is -0.132. The molecule has 0 aliphatic heterocycles. The zero-order chi connectivity index (χ0) is 13.2. The molecule has 0 heterocycles. The second-order valence-corrected chi connectivity index (χ2v) is 4.47. The van der Waals surface area contributed by atoms with Gasteiger partial charge in [-0.3, -0.25) is 0 Å². The largest absolute Gasteiger partial charge is 0.397 e. The second-order valence-electron chi connectivity index (χ2n) is 3.61. The van der Waals surface area contributed by atoms with Crippen LogP contribution >= 0.6 is 15.9 Å². The summed E-state index contributed by atoms with van der Waals surface area (Å²) in [6.07, 6.45) is -5.21. The highest BCUT2D eigenvalue weighted by molar-refractivity contribution is 9.10. The van der Waals surface area contributed by atoms with Gasteiger partial charge in [0, 0.05) is 19.7 Å². The number of halogens is 5. The molecular weight excluding hydrogens is 304 g/mol. The SMILES string of the molecule is CN(CCC(F)(F)F)c1cc(F)c(Br)cc1N. The van der Waals surface area contributed by atoms with Crippen LogP contribution in [0.2, 0.25) is 0 Å². The van der Waals surface area contributed by atoms with Crippen molar-refractivity contribution in [3.8, 4) is 0 Å². The van der Waals surface area contributed by atoms with Gasteiger partial charge < -0.3 is 10.6 Å². The van der Waals surface area contributed by atoms with E-state index >= 15 is 0 Å². The minimum Gasteiger partial charge on any atom is -0.397 e. The molecule has 1 aromatic carbocycles. The van der Waals surface area contributed by atoms with Gasteiger partial charge in [0.2, 0.25) is 0 Å². The Balaban J connectivity index is 2.82. The average molecular weight is 315 g/mol. The average Bonchev–Trinajstić information content (AvgIpc) is 2.19. The summed E-state index contributed by atoms with van der Waals surface area (Å²) in [7, 11) is 1.44. The molecule has 0 atom stereocenters. The molecule has 0 saturated heterocycles. The van der Waals surface area contributed by atoms with Crippen LogP contribution in [0.15, 0.2) is 16.6 Å². The van der Waals surface area contributed by atoms with E-state index in [1.54, 1.807) is 0 Å². The summed E-state index contributed by atoms with van der Waals surface area (Å²) in [5.74, 6) is -0.562. The Bertz CT molecular complexity index is 406. The van der Waals surface area contributed by atoms with Gasteiger partial charge in [0.15, 0.2) is 0 Å². The van der Waals surface area contributed by atoms with Crippen molar-refractivity contribution in [3.05, 3.63) is 22.4 Å². The standard InChI is InChI=1S/C10H11BrF4N2/c1-17(3-2-10(13,14)15)9-5-7(12)6(11)4-8(9)16/h4-5H,2-3,16H2,1H3. The van der Waals surface area contributed by atoms with Crippen molar-refractivity contribution in [2.45, 2.75) is 12.6 Å². The summed E-state index contributed by atoms with van der Waals surface area (Å²) < 4.78 is 49.5. The van der Waals surface area contributed by atoms with Gasteiger partial charge in [-0.05, 0) is 22.0 Å². The molecule has 0 aromatic heterocycles. The molecule has 0 aliphatic rings. The van der Waals surface area contributed by atoms with Gasteiger partial charge in [-0.2, -0.15) is 13.2 Å². The molecule has 2 nitrogen and oxygen atoms in total. The van der Waals surface area contributed by atoms with Crippen molar-refractivity contribution in [1.29, 1.82) is 0 Å². The number of hydrogen-bond donors (Lipinski definition) is 1. The topological polar surface area (TPSA) is 29.3 Å². The predicted molar refractivity (Wildman–Crippen MR) is 62.5 cm³/mol. The molecule has 0 unspecified atom stereocenters. The van der Waals surface area contributed by atoms with Gasteiger partial charge in [-0.15, -0.1) is 0 Å². The molecule has 96 valence electrons. The van der Waals surface area contributed by atoms with E-state index < -0.39 is 18.4 Å². The maximum atomic E-state index is 13.2. The molecule has 7 heteroatoms. The van der Waals surface area contributed by atoms with Crippen molar-refractivity contribution in [1.82, 2.24) is 0 Å². The fourth-order valence-electron chi connectivity index (χ4n) is 1.30. The smallest absolute Gasteiger partial charge is 0.390 e. The number of rotatable bonds is 3. The molecule has 2 N–H and O–H groups in total. The maximum Gasteiger partial charge on any atom is 0.390 e. The first-order valence-electron chi connectivity index (χ1n) is 4.73. The number of nitrogen functional groups attached to an aromatic ring is 1. The molecule has 1 aromatic rings. The number of benzene rings is 1. The molecule has 0 bridgehead atoms. The fraction of sp³-hybridized carbons (Fsp3) is 0.400. The van der Waals surface area contributed by atoms with Gasteiger partial charge in [-0.1, -0.05) is 0 Å². The molecular formula is C10H11BrF4N2. The van der Waals surface area contributed by atoms with Crippen LogP contribution in [0.25, 0.3) is 0 Å². The van der Waals surface area contributed by atoms with Crippen LogP contribution in [-0.4, -0.2) is 19.8 Å². The van der Waals surface area contributed by atoms with Gasteiger partial charge in [0.25, 0.3) is 0 Å². The molecule has 0 fully saturated rings. The predicted octanol–water partition coefficient (Wildman–Crippen LogP) is 3.56. The van der Waals surface area contributed by atoms with Crippen molar-refractivity contribution < 1.29 is 17.6 Å². The van der Waals surface area contributed by atoms with E-state index in [1.807, 2.05) is 0 Å². The number of nitrogens with two attached hydrogens (primary N) is 1. The summed E-state index contributed by atoms with van der Waals surface area (Å²) in [5.41, 5.74) is 6.08. The van der Waals surface area contributed by atoms with Crippen molar-refractivity contribution in [2.24, 2.45) is 0 Å². The summed E-state index contributed by atoms with van der Waals surface area (Å²) in [4.78, 5) is 1.28. The highest BCUT2D eigenvalue weighted by Crippen LogP contribution is 2.30. The number of nitrogens with zero attached hydrogens (tertiary/aromatic N) is 1. The first-order valence-corrected chi connectivity index (χ1v) is 5.52. The van der Waals surface area contributed by atoms with Crippen LogP contribution in [0.3, 0.4) is 0 Å². The van der Waals surface area contributed by atoms with Crippen LogP contribution in [0.1, 0.15) is 6.42 Å². The summed E-state index contributed by atoms with van der Waals surface area (Å²) in [5, 5.41) is 0. The van der Waals surface area contributed by atoms with Gasteiger partial charge in [0.1, 0.15) is 5.82 Å². The normalized spacial score (nSPS) is 11.6. The van der Waals surface area contributed by atoms with E-state index in [4.69, 9.17) is 5.73 Å². The van der Waals surface area contributed by atoms with Crippen LogP contribution in [0, 0.1) is 5.82 Å². The third-order valence-electron chi connectivity index (χ3n) is 2.21. The maximum absolute atomic E-state index is 13.2. The quantitative estimate of drug-likeness (QED) is 0.683.